The van der Waals surface area contributed by atoms with E-state index in [1.54, 1.807) is 18.2 Å². The third kappa shape index (κ3) is 4.60. The first-order chi connectivity index (χ1) is 15.6. The van der Waals surface area contributed by atoms with Crippen molar-refractivity contribution in [2.75, 3.05) is 5.75 Å². The quantitative estimate of drug-likeness (QED) is 0.383. The van der Waals surface area contributed by atoms with Crippen LogP contribution in [0.3, 0.4) is 0 Å². The van der Waals surface area contributed by atoms with Crippen LogP contribution < -0.4 is 5.14 Å². The Kier molecular flexibility index (Phi) is 5.93. The molecule has 0 aliphatic rings. The highest BCUT2D eigenvalue weighted by Crippen LogP contribution is 2.31. The lowest BCUT2D eigenvalue weighted by atomic mass is 10.0. The summed E-state index contributed by atoms with van der Waals surface area (Å²) < 4.78 is 55.0. The molecule has 3 N–H and O–H groups in total. The monoisotopic (exact) mass is 485 g/mol. The lowest BCUT2D eigenvalue weighted by Crippen LogP contribution is -2.21. The third-order valence-corrected chi connectivity index (χ3v) is 7.87. The minimum Gasteiger partial charge on any atom is -0.456 e. The summed E-state index contributed by atoms with van der Waals surface area (Å²) in [5.41, 5.74) is 1.65. The van der Waals surface area contributed by atoms with Crippen molar-refractivity contribution in [3.05, 3.63) is 83.9 Å². The van der Waals surface area contributed by atoms with Crippen molar-refractivity contribution in [1.82, 2.24) is 0 Å². The first kappa shape index (κ1) is 22.9. The van der Waals surface area contributed by atoms with Crippen LogP contribution in [0.4, 0.5) is 0 Å². The second kappa shape index (κ2) is 8.56. The molecule has 4 aromatic rings. The van der Waals surface area contributed by atoms with Gasteiger partial charge in [0.15, 0.2) is 15.6 Å². The summed E-state index contributed by atoms with van der Waals surface area (Å²) in [5.74, 6) is -1.23. The number of aliphatic hydroxyl groups is 1. The summed E-state index contributed by atoms with van der Waals surface area (Å²) in [4.78, 5) is 11.7. The van der Waals surface area contributed by atoms with E-state index in [0.29, 0.717) is 22.5 Å². The van der Waals surface area contributed by atoms with Gasteiger partial charge in [0.05, 0.1) is 11.5 Å². The van der Waals surface area contributed by atoms with Crippen molar-refractivity contribution in [2.24, 2.45) is 5.14 Å². The molecule has 33 heavy (non-hydrogen) atoms. The van der Waals surface area contributed by atoms with Gasteiger partial charge >= 0.3 is 0 Å². The number of nitrogens with two attached hydrogens (primary N) is 1. The Bertz CT molecular complexity index is 1550. The molecule has 0 atom stereocenters. The zero-order valence-electron chi connectivity index (χ0n) is 17.1. The van der Waals surface area contributed by atoms with E-state index in [9.17, 15) is 26.7 Å². The number of hydrogen-bond acceptors (Lipinski definition) is 7. The van der Waals surface area contributed by atoms with E-state index in [1.165, 1.54) is 24.3 Å². The number of aliphatic hydroxyl groups excluding tert-OH is 1. The van der Waals surface area contributed by atoms with Gasteiger partial charge in [-0.15, -0.1) is 0 Å². The van der Waals surface area contributed by atoms with Gasteiger partial charge in [0.25, 0.3) is 0 Å². The van der Waals surface area contributed by atoms with Crippen molar-refractivity contribution in [3.63, 3.8) is 0 Å². The molecule has 1 aromatic heterocycles. The van der Waals surface area contributed by atoms with Crippen molar-refractivity contribution in [2.45, 2.75) is 16.4 Å². The molecule has 0 saturated heterocycles. The van der Waals surface area contributed by atoms with Crippen LogP contribution in [0.5, 0.6) is 0 Å². The average Bonchev–Trinajstić information content (AvgIpc) is 3.22. The van der Waals surface area contributed by atoms with Crippen LogP contribution in [0.1, 0.15) is 15.9 Å². The smallest absolute Gasteiger partial charge is 0.239 e. The van der Waals surface area contributed by atoms with Gasteiger partial charge in [-0.25, -0.2) is 22.0 Å². The van der Waals surface area contributed by atoms with E-state index >= 15 is 0 Å². The van der Waals surface area contributed by atoms with Crippen LogP contribution >= 0.6 is 0 Å². The topological polar surface area (TPSA) is 145 Å². The summed E-state index contributed by atoms with van der Waals surface area (Å²) in [5, 5.41) is 15.8. The van der Waals surface area contributed by atoms with Gasteiger partial charge in [0.2, 0.25) is 10.0 Å². The molecule has 170 valence electrons. The summed E-state index contributed by atoms with van der Waals surface area (Å²) in [6, 6.07) is 18.4. The first-order valence-corrected chi connectivity index (χ1v) is 12.9. The van der Waals surface area contributed by atoms with E-state index in [2.05, 4.69) is 0 Å². The minimum absolute atomic E-state index is 0.0515. The molecule has 0 amide bonds. The van der Waals surface area contributed by atoms with Gasteiger partial charge in [-0.2, -0.15) is 0 Å². The molecule has 0 bridgehead atoms. The Morgan fingerprint density at radius 2 is 1.55 bits per heavy atom. The Morgan fingerprint density at radius 3 is 2.21 bits per heavy atom. The fraction of sp³-hybridized carbons (Fsp3) is 0.0870. The van der Waals surface area contributed by atoms with Gasteiger partial charge in [0.1, 0.15) is 22.0 Å². The number of primary sulfonamides is 1. The fourth-order valence-corrected chi connectivity index (χ4v) is 6.20. The number of rotatable bonds is 7. The number of fused-ring (bicyclic) bond motifs is 1. The SMILES string of the molecule is NS(=O)(=O)c1ccccc1S(=O)(=O)CC(=O)c1ccc(-c2cc3ccccc3o2)c(CO)c1. The summed E-state index contributed by atoms with van der Waals surface area (Å²) in [7, 11) is -8.62. The van der Waals surface area contributed by atoms with Crippen molar-refractivity contribution in [3.8, 4) is 11.3 Å². The highest BCUT2D eigenvalue weighted by molar-refractivity contribution is 7.94. The van der Waals surface area contributed by atoms with E-state index in [4.69, 9.17) is 9.56 Å². The predicted octanol–water partition coefficient (Wildman–Crippen LogP) is 2.90. The molecule has 0 saturated carbocycles. The molecule has 0 aliphatic heterocycles. The van der Waals surface area contributed by atoms with Gasteiger partial charge in [-0.05, 0) is 35.9 Å². The van der Waals surface area contributed by atoms with Gasteiger partial charge < -0.3 is 9.52 Å². The first-order valence-electron chi connectivity index (χ1n) is 9.71. The molecule has 0 radical (unpaired) electrons. The number of carbonyl (C=O) groups excluding carboxylic acids is 1. The number of Topliss-reactive ketones (excluding diaryl/α,β-unsaturated/α-hetero) is 1. The molecular weight excluding hydrogens is 466 g/mol. The maximum Gasteiger partial charge on any atom is 0.239 e. The van der Waals surface area contributed by atoms with E-state index < -0.39 is 47.8 Å². The number of carbonyl (C=O) groups is 1. The number of sulfonamides is 1. The Balaban J connectivity index is 1.67. The van der Waals surface area contributed by atoms with Crippen molar-refractivity contribution in [1.29, 1.82) is 0 Å². The van der Waals surface area contributed by atoms with Crippen molar-refractivity contribution < 1.29 is 31.2 Å². The second-order valence-electron chi connectivity index (χ2n) is 7.35. The maximum atomic E-state index is 12.8. The van der Waals surface area contributed by atoms with Crippen LogP contribution in [0.25, 0.3) is 22.3 Å². The minimum atomic E-state index is -4.31. The number of sulfone groups is 1. The highest BCUT2D eigenvalue weighted by atomic mass is 32.2. The molecule has 8 nitrogen and oxygen atoms in total. The number of ketones is 1. The largest absolute Gasteiger partial charge is 0.456 e. The van der Waals surface area contributed by atoms with Crippen LogP contribution in [-0.2, 0) is 26.5 Å². The Hall–Kier alpha value is -3.31. The van der Waals surface area contributed by atoms with Crippen LogP contribution in [0.2, 0.25) is 0 Å². The third-order valence-electron chi connectivity index (χ3n) is 5.10. The molecule has 0 unspecified atom stereocenters. The summed E-state index contributed by atoms with van der Waals surface area (Å²) in [6.07, 6.45) is 0. The molecule has 0 fully saturated rings. The highest BCUT2D eigenvalue weighted by Gasteiger charge is 2.27. The van der Waals surface area contributed by atoms with E-state index in [1.807, 2.05) is 18.2 Å². The predicted molar refractivity (Wildman–Crippen MR) is 122 cm³/mol. The fourth-order valence-electron chi connectivity index (χ4n) is 3.53. The van der Waals surface area contributed by atoms with E-state index in [0.717, 1.165) is 17.5 Å². The van der Waals surface area contributed by atoms with Gasteiger partial charge in [-0.3, -0.25) is 4.79 Å². The van der Waals surface area contributed by atoms with Gasteiger partial charge in [0, 0.05) is 16.5 Å². The van der Waals surface area contributed by atoms with E-state index in [-0.39, 0.29) is 5.56 Å². The normalized spacial score (nSPS) is 12.2. The standard InChI is InChI=1S/C23H19NO7S2/c24-33(29,30)23-8-4-3-7-22(23)32(27,28)14-19(26)15-9-10-18(17(11-15)13-25)21-12-16-5-1-2-6-20(16)31-21/h1-12,25H,13-14H2,(H2,24,29,30). The molecule has 0 spiro atoms. The van der Waals surface area contributed by atoms with Crippen molar-refractivity contribution >= 4 is 36.6 Å². The Morgan fingerprint density at radius 1 is 0.879 bits per heavy atom. The molecule has 0 aliphatic carbocycles. The number of para-hydroxylation sites is 1. The average molecular weight is 486 g/mol. The van der Waals surface area contributed by atoms with Crippen LogP contribution in [-0.4, -0.2) is 33.5 Å². The molecule has 10 heteroatoms. The molecular formula is C23H19NO7S2. The summed E-state index contributed by atoms with van der Waals surface area (Å²) >= 11 is 0. The number of benzene rings is 3. The summed E-state index contributed by atoms with van der Waals surface area (Å²) in [6.45, 7) is -0.408. The molecule has 1 heterocycles. The Labute approximate surface area is 190 Å². The number of furan rings is 1. The zero-order valence-corrected chi connectivity index (χ0v) is 18.8. The maximum absolute atomic E-state index is 12.8. The molecule has 3 aromatic carbocycles. The molecule has 4 rings (SSSR count). The lowest BCUT2D eigenvalue weighted by Gasteiger charge is -2.10. The second-order valence-corrected chi connectivity index (χ2v) is 10.8. The van der Waals surface area contributed by atoms with Crippen LogP contribution in [0, 0.1) is 0 Å². The zero-order chi connectivity index (χ0) is 23.8. The lowest BCUT2D eigenvalue weighted by molar-refractivity contribution is 0.102. The van der Waals surface area contributed by atoms with Gasteiger partial charge in [-0.1, -0.05) is 42.5 Å². The van der Waals surface area contributed by atoms with Crippen LogP contribution in [0.15, 0.2) is 87.0 Å². The number of hydrogen-bond donors (Lipinski definition) is 2.